The summed E-state index contributed by atoms with van der Waals surface area (Å²) >= 11 is 1.00. The maximum Gasteiger partial charge on any atom is 0.332 e. The predicted octanol–water partition coefficient (Wildman–Crippen LogP) is 0.992. The van der Waals surface area contributed by atoms with Gasteiger partial charge in [-0.1, -0.05) is 23.9 Å². The smallest absolute Gasteiger partial charge is 0.332 e. The van der Waals surface area contributed by atoms with E-state index < -0.39 is 17.0 Å². The Morgan fingerprint density at radius 1 is 1.06 bits per heavy atom. The summed E-state index contributed by atoms with van der Waals surface area (Å²) in [7, 11) is 2.66. The van der Waals surface area contributed by atoms with Gasteiger partial charge < -0.3 is 10.2 Å². The van der Waals surface area contributed by atoms with Crippen LogP contribution in [0.5, 0.6) is 0 Å². The number of carbonyl (C=O) groups is 1. The van der Waals surface area contributed by atoms with E-state index in [1.807, 2.05) is 0 Å². The summed E-state index contributed by atoms with van der Waals surface area (Å²) in [4.78, 5) is 55.0. The Labute approximate surface area is 184 Å². The first-order chi connectivity index (χ1) is 15.3. The molecular weight excluding hydrogens is 434 g/mol. The number of hydrogen-bond acceptors (Lipinski definition) is 8. The Balaban J connectivity index is 1.74. The molecule has 10 nitrogen and oxygen atoms in total. The van der Waals surface area contributed by atoms with Gasteiger partial charge in [0.25, 0.3) is 11.1 Å². The van der Waals surface area contributed by atoms with Crippen LogP contribution in [0.1, 0.15) is 16.1 Å². The highest BCUT2D eigenvalue weighted by Gasteiger charge is 2.22. The topological polar surface area (TPSA) is 135 Å². The largest absolute Gasteiger partial charge is 0.467 e. The van der Waals surface area contributed by atoms with Crippen molar-refractivity contribution in [2.75, 3.05) is 11.5 Å². The Morgan fingerprint density at radius 2 is 1.81 bits per heavy atom. The highest BCUT2D eigenvalue weighted by atomic mass is 32.2. The maximum atomic E-state index is 13.1. The Kier molecular flexibility index (Phi) is 5.57. The quantitative estimate of drug-likeness (QED) is 0.259. The fraction of sp³-hybridized carbons (Fsp3) is 0.190. The molecular formula is C21H19N5O5S. The minimum atomic E-state index is -0.768. The maximum absolute atomic E-state index is 13.1. The van der Waals surface area contributed by atoms with Crippen molar-refractivity contribution in [1.29, 1.82) is 0 Å². The average molecular weight is 453 g/mol. The summed E-state index contributed by atoms with van der Waals surface area (Å²) in [6.07, 6.45) is 1.50. The molecule has 2 N–H and O–H groups in total. The van der Waals surface area contributed by atoms with E-state index in [4.69, 9.17) is 10.2 Å². The molecule has 1 aromatic carbocycles. The third-order valence-electron chi connectivity index (χ3n) is 5.04. The molecule has 0 amide bonds. The first-order valence-electron chi connectivity index (χ1n) is 9.53. The molecule has 0 aliphatic carbocycles. The van der Waals surface area contributed by atoms with Gasteiger partial charge in [0.15, 0.2) is 10.9 Å². The van der Waals surface area contributed by atoms with Crippen molar-refractivity contribution < 1.29 is 9.21 Å². The molecule has 11 heteroatoms. The number of para-hydroxylation sites is 1. The molecule has 3 aromatic heterocycles. The molecule has 0 saturated heterocycles. The zero-order valence-electron chi connectivity index (χ0n) is 17.3. The zero-order valence-corrected chi connectivity index (χ0v) is 18.1. The van der Waals surface area contributed by atoms with Gasteiger partial charge in [0, 0.05) is 14.1 Å². The highest BCUT2D eigenvalue weighted by molar-refractivity contribution is 7.99. The lowest BCUT2D eigenvalue weighted by Gasteiger charge is -2.13. The molecule has 0 fully saturated rings. The van der Waals surface area contributed by atoms with Gasteiger partial charge in [-0.2, -0.15) is 0 Å². The average Bonchev–Trinajstić information content (AvgIpc) is 3.30. The van der Waals surface area contributed by atoms with E-state index in [0.29, 0.717) is 21.8 Å². The number of fused-ring (bicyclic) bond motifs is 1. The van der Waals surface area contributed by atoms with Crippen molar-refractivity contribution in [3.05, 3.63) is 85.2 Å². The Bertz CT molecular complexity index is 1510. The lowest BCUT2D eigenvalue weighted by atomic mass is 10.2. The van der Waals surface area contributed by atoms with Crippen molar-refractivity contribution in [2.24, 2.45) is 14.1 Å². The van der Waals surface area contributed by atoms with Crippen LogP contribution in [0.15, 0.2) is 66.6 Å². The molecule has 0 atom stereocenters. The SMILES string of the molecule is Cn1c(N)c(C(=O)CSc2nc3ccccc3c(=O)n2Cc2ccco2)c(=O)n(C)c1=O. The molecule has 0 spiro atoms. The summed E-state index contributed by atoms with van der Waals surface area (Å²) in [5.74, 6) is -0.437. The number of nitrogens with zero attached hydrogens (tertiary/aromatic N) is 4. The summed E-state index contributed by atoms with van der Waals surface area (Å²) in [6.45, 7) is 0.129. The van der Waals surface area contributed by atoms with Crippen molar-refractivity contribution in [2.45, 2.75) is 11.7 Å². The molecule has 0 unspecified atom stereocenters. The predicted molar refractivity (Wildman–Crippen MR) is 120 cm³/mol. The van der Waals surface area contributed by atoms with E-state index in [0.717, 1.165) is 20.9 Å². The number of hydrogen-bond donors (Lipinski definition) is 1. The van der Waals surface area contributed by atoms with Crippen LogP contribution in [0, 0.1) is 0 Å². The number of anilines is 1. The number of nitrogen functional groups attached to an aromatic ring is 1. The first kappa shape index (κ1) is 21.4. The molecule has 164 valence electrons. The van der Waals surface area contributed by atoms with Gasteiger partial charge in [0.1, 0.15) is 17.1 Å². The van der Waals surface area contributed by atoms with Crippen molar-refractivity contribution in [3.8, 4) is 0 Å². The molecule has 0 radical (unpaired) electrons. The second-order valence-electron chi connectivity index (χ2n) is 7.06. The number of ketones is 1. The van der Waals surface area contributed by atoms with Crippen LogP contribution < -0.4 is 22.5 Å². The zero-order chi connectivity index (χ0) is 23.0. The van der Waals surface area contributed by atoms with Gasteiger partial charge in [-0.15, -0.1) is 0 Å². The number of thioether (sulfide) groups is 1. The summed E-state index contributed by atoms with van der Waals surface area (Å²) in [5, 5.41) is 0.726. The Hall–Kier alpha value is -3.86. The number of carbonyl (C=O) groups excluding carboxylic acids is 1. The van der Waals surface area contributed by atoms with Crippen LogP contribution in [0.25, 0.3) is 10.9 Å². The van der Waals surface area contributed by atoms with Gasteiger partial charge in [-0.05, 0) is 24.3 Å². The summed E-state index contributed by atoms with van der Waals surface area (Å²) in [6, 6.07) is 10.3. The minimum Gasteiger partial charge on any atom is -0.467 e. The molecule has 0 bridgehead atoms. The molecule has 3 heterocycles. The van der Waals surface area contributed by atoms with E-state index >= 15 is 0 Å². The van der Waals surface area contributed by atoms with E-state index in [1.54, 1.807) is 36.4 Å². The van der Waals surface area contributed by atoms with Crippen LogP contribution in [0.3, 0.4) is 0 Å². The van der Waals surface area contributed by atoms with Crippen molar-refractivity contribution in [1.82, 2.24) is 18.7 Å². The summed E-state index contributed by atoms with van der Waals surface area (Å²) < 4.78 is 8.66. The normalized spacial score (nSPS) is 11.2. The van der Waals surface area contributed by atoms with Gasteiger partial charge in [0.2, 0.25) is 0 Å². The second kappa shape index (κ2) is 8.35. The Morgan fingerprint density at radius 3 is 2.53 bits per heavy atom. The number of Topliss-reactive ketones (excluding diaryl/α,β-unsaturated/α-hetero) is 1. The molecule has 32 heavy (non-hydrogen) atoms. The standard InChI is InChI=1S/C21H19N5O5S/c1-24-17(22)16(19(29)25(2)21(24)30)15(27)11-32-20-23-14-8-4-3-7-13(14)18(28)26(20)10-12-6-5-9-31-12/h3-9H,10-11,22H2,1-2H3. The second-order valence-corrected chi connectivity index (χ2v) is 8.00. The third-order valence-corrected chi connectivity index (χ3v) is 6.02. The van der Waals surface area contributed by atoms with Gasteiger partial charge in [-0.25, -0.2) is 9.78 Å². The van der Waals surface area contributed by atoms with Crippen LogP contribution in [-0.2, 0) is 20.6 Å². The number of rotatable bonds is 6. The fourth-order valence-corrected chi connectivity index (χ4v) is 4.15. The van der Waals surface area contributed by atoms with Gasteiger partial charge >= 0.3 is 5.69 Å². The van der Waals surface area contributed by atoms with Crippen LogP contribution in [0.2, 0.25) is 0 Å². The minimum absolute atomic E-state index is 0.129. The fourth-order valence-electron chi connectivity index (χ4n) is 3.28. The van der Waals surface area contributed by atoms with E-state index in [2.05, 4.69) is 4.98 Å². The van der Waals surface area contributed by atoms with Crippen molar-refractivity contribution >= 4 is 34.3 Å². The van der Waals surface area contributed by atoms with Crippen molar-refractivity contribution in [3.63, 3.8) is 0 Å². The van der Waals surface area contributed by atoms with Crippen LogP contribution in [-0.4, -0.2) is 30.2 Å². The summed E-state index contributed by atoms with van der Waals surface area (Å²) in [5.41, 5.74) is 4.42. The number of furan rings is 1. The molecule has 0 aliphatic heterocycles. The number of nitrogens with two attached hydrogens (primary N) is 1. The third kappa shape index (κ3) is 3.66. The van der Waals surface area contributed by atoms with Gasteiger partial charge in [-0.3, -0.25) is 28.1 Å². The van der Waals surface area contributed by atoms with E-state index in [9.17, 15) is 19.2 Å². The van der Waals surface area contributed by atoms with E-state index in [-0.39, 0.29) is 29.2 Å². The highest BCUT2D eigenvalue weighted by Crippen LogP contribution is 2.20. The van der Waals surface area contributed by atoms with Crippen LogP contribution in [0.4, 0.5) is 5.82 Å². The lowest BCUT2D eigenvalue weighted by Crippen LogP contribution is -2.41. The van der Waals surface area contributed by atoms with Gasteiger partial charge in [0.05, 0.1) is 29.5 Å². The van der Waals surface area contributed by atoms with Crippen LogP contribution >= 0.6 is 11.8 Å². The lowest BCUT2D eigenvalue weighted by molar-refractivity contribution is 0.102. The monoisotopic (exact) mass is 453 g/mol. The number of aromatic nitrogens is 4. The molecule has 0 aliphatic rings. The molecule has 0 saturated carbocycles. The molecule has 4 aromatic rings. The first-order valence-corrected chi connectivity index (χ1v) is 10.5. The number of benzene rings is 1. The molecule has 4 rings (SSSR count). The van der Waals surface area contributed by atoms with E-state index in [1.165, 1.54) is 24.9 Å².